The number of nitrogens with one attached hydrogen (secondary N) is 1. The first-order valence-corrected chi connectivity index (χ1v) is 5.91. The summed E-state index contributed by atoms with van der Waals surface area (Å²) < 4.78 is 0. The molecule has 0 spiro atoms. The van der Waals surface area contributed by atoms with Gasteiger partial charge in [-0.3, -0.25) is 0 Å². The van der Waals surface area contributed by atoms with Crippen molar-refractivity contribution in [2.24, 2.45) is 11.8 Å². The predicted molar refractivity (Wildman–Crippen MR) is 61.0 cm³/mol. The van der Waals surface area contributed by atoms with Crippen LogP contribution in [-0.4, -0.2) is 13.1 Å². The maximum absolute atomic E-state index is 3.52. The standard InChI is InChI=1S/C12H27N/c1-5-11(3)7-9-13-10-8-12(4)6-2/h11-13H,5-10H2,1-4H3. The van der Waals surface area contributed by atoms with Gasteiger partial charge in [0.15, 0.2) is 0 Å². The Morgan fingerprint density at radius 3 is 1.54 bits per heavy atom. The van der Waals surface area contributed by atoms with Gasteiger partial charge in [-0.25, -0.2) is 0 Å². The van der Waals surface area contributed by atoms with Gasteiger partial charge in [-0.1, -0.05) is 40.5 Å². The lowest BCUT2D eigenvalue weighted by atomic mass is 10.0. The van der Waals surface area contributed by atoms with Crippen LogP contribution in [0, 0.1) is 11.8 Å². The summed E-state index contributed by atoms with van der Waals surface area (Å²) in [7, 11) is 0. The highest BCUT2D eigenvalue weighted by molar-refractivity contribution is 4.56. The highest BCUT2D eigenvalue weighted by Gasteiger charge is 1.99. The highest BCUT2D eigenvalue weighted by atomic mass is 14.8. The van der Waals surface area contributed by atoms with Crippen molar-refractivity contribution in [2.45, 2.75) is 53.4 Å². The lowest BCUT2D eigenvalue weighted by molar-refractivity contribution is 0.453. The van der Waals surface area contributed by atoms with Crippen LogP contribution in [0.25, 0.3) is 0 Å². The lowest BCUT2D eigenvalue weighted by Gasteiger charge is -2.11. The summed E-state index contributed by atoms with van der Waals surface area (Å²) in [6, 6.07) is 0. The molecule has 0 aromatic rings. The van der Waals surface area contributed by atoms with Gasteiger partial charge in [-0.15, -0.1) is 0 Å². The molecule has 0 amide bonds. The molecule has 0 saturated heterocycles. The fourth-order valence-electron chi connectivity index (χ4n) is 1.23. The minimum Gasteiger partial charge on any atom is -0.317 e. The van der Waals surface area contributed by atoms with Crippen LogP contribution in [0.4, 0.5) is 0 Å². The molecule has 1 heteroatoms. The van der Waals surface area contributed by atoms with Gasteiger partial charge in [0.2, 0.25) is 0 Å². The first-order valence-electron chi connectivity index (χ1n) is 5.91. The monoisotopic (exact) mass is 185 g/mol. The van der Waals surface area contributed by atoms with E-state index in [4.69, 9.17) is 0 Å². The fraction of sp³-hybridized carbons (Fsp3) is 1.00. The van der Waals surface area contributed by atoms with E-state index in [1.54, 1.807) is 0 Å². The van der Waals surface area contributed by atoms with Crippen LogP contribution < -0.4 is 5.32 Å². The molecule has 0 fully saturated rings. The molecule has 13 heavy (non-hydrogen) atoms. The molecule has 0 aliphatic carbocycles. The van der Waals surface area contributed by atoms with E-state index in [9.17, 15) is 0 Å². The third-order valence-corrected chi connectivity index (χ3v) is 3.02. The quantitative estimate of drug-likeness (QED) is 0.571. The number of hydrogen-bond acceptors (Lipinski definition) is 1. The van der Waals surface area contributed by atoms with Crippen molar-refractivity contribution in [2.75, 3.05) is 13.1 Å². The predicted octanol–water partition coefficient (Wildman–Crippen LogP) is 3.45. The summed E-state index contributed by atoms with van der Waals surface area (Å²) in [6.07, 6.45) is 5.29. The average Bonchev–Trinajstić information content (AvgIpc) is 2.16. The van der Waals surface area contributed by atoms with Gasteiger partial charge >= 0.3 is 0 Å². The van der Waals surface area contributed by atoms with Crippen LogP contribution in [0.2, 0.25) is 0 Å². The average molecular weight is 185 g/mol. The number of rotatable bonds is 8. The van der Waals surface area contributed by atoms with E-state index in [0.29, 0.717) is 0 Å². The van der Waals surface area contributed by atoms with E-state index in [-0.39, 0.29) is 0 Å². The minimum absolute atomic E-state index is 0.885. The van der Waals surface area contributed by atoms with Crippen molar-refractivity contribution in [3.05, 3.63) is 0 Å². The molecule has 0 bridgehead atoms. The molecule has 0 aliphatic rings. The molecule has 2 atom stereocenters. The minimum atomic E-state index is 0.885. The normalized spacial score (nSPS) is 15.7. The Morgan fingerprint density at radius 1 is 0.846 bits per heavy atom. The van der Waals surface area contributed by atoms with Gasteiger partial charge in [0, 0.05) is 0 Å². The van der Waals surface area contributed by atoms with Crippen LogP contribution in [0.3, 0.4) is 0 Å². The van der Waals surface area contributed by atoms with Crippen LogP contribution in [0.1, 0.15) is 53.4 Å². The molecule has 0 rings (SSSR count). The summed E-state index contributed by atoms with van der Waals surface area (Å²) in [4.78, 5) is 0. The van der Waals surface area contributed by atoms with Gasteiger partial charge in [0.05, 0.1) is 0 Å². The van der Waals surface area contributed by atoms with Crippen LogP contribution >= 0.6 is 0 Å². The highest BCUT2D eigenvalue weighted by Crippen LogP contribution is 2.06. The van der Waals surface area contributed by atoms with Gasteiger partial charge in [-0.05, 0) is 37.8 Å². The zero-order chi connectivity index (χ0) is 10.1. The van der Waals surface area contributed by atoms with E-state index in [1.165, 1.54) is 38.8 Å². The van der Waals surface area contributed by atoms with Crippen molar-refractivity contribution < 1.29 is 0 Å². The van der Waals surface area contributed by atoms with E-state index in [1.807, 2.05) is 0 Å². The van der Waals surface area contributed by atoms with Crippen molar-refractivity contribution in [3.63, 3.8) is 0 Å². The van der Waals surface area contributed by atoms with Crippen LogP contribution in [0.5, 0.6) is 0 Å². The van der Waals surface area contributed by atoms with Gasteiger partial charge < -0.3 is 5.32 Å². The summed E-state index contributed by atoms with van der Waals surface area (Å²) >= 11 is 0. The Kier molecular flexibility index (Phi) is 8.53. The molecule has 0 aliphatic heterocycles. The molecule has 0 aromatic carbocycles. The Labute approximate surface area is 84.3 Å². The van der Waals surface area contributed by atoms with Crippen molar-refractivity contribution in [1.29, 1.82) is 0 Å². The first-order chi connectivity index (χ1) is 6.20. The van der Waals surface area contributed by atoms with Crippen molar-refractivity contribution in [3.8, 4) is 0 Å². The maximum Gasteiger partial charge on any atom is -0.00464 e. The Morgan fingerprint density at radius 2 is 1.23 bits per heavy atom. The molecular weight excluding hydrogens is 158 g/mol. The molecule has 2 unspecified atom stereocenters. The first kappa shape index (κ1) is 13.0. The van der Waals surface area contributed by atoms with Gasteiger partial charge in [-0.2, -0.15) is 0 Å². The topological polar surface area (TPSA) is 12.0 Å². The Balaban J connectivity index is 3.08. The SMILES string of the molecule is CCC(C)CCNCCC(C)CC. The van der Waals surface area contributed by atoms with E-state index in [2.05, 4.69) is 33.0 Å². The second kappa shape index (κ2) is 8.55. The van der Waals surface area contributed by atoms with Gasteiger partial charge in [0.25, 0.3) is 0 Å². The molecule has 0 heterocycles. The molecule has 1 nitrogen and oxygen atoms in total. The smallest absolute Gasteiger partial charge is 0.00464 e. The lowest BCUT2D eigenvalue weighted by Crippen LogP contribution is -2.20. The third-order valence-electron chi connectivity index (χ3n) is 3.02. The third kappa shape index (κ3) is 8.29. The van der Waals surface area contributed by atoms with E-state index >= 15 is 0 Å². The molecule has 1 N–H and O–H groups in total. The summed E-state index contributed by atoms with van der Waals surface area (Å²) in [5.74, 6) is 1.77. The van der Waals surface area contributed by atoms with Crippen LogP contribution in [-0.2, 0) is 0 Å². The Hall–Kier alpha value is -0.0400. The Bertz CT molecular complexity index is 89.3. The zero-order valence-electron chi connectivity index (χ0n) is 9.90. The fourth-order valence-corrected chi connectivity index (χ4v) is 1.23. The van der Waals surface area contributed by atoms with Crippen molar-refractivity contribution >= 4 is 0 Å². The largest absolute Gasteiger partial charge is 0.317 e. The summed E-state index contributed by atoms with van der Waals surface area (Å²) in [5.41, 5.74) is 0. The summed E-state index contributed by atoms with van der Waals surface area (Å²) in [5, 5.41) is 3.52. The van der Waals surface area contributed by atoms with Gasteiger partial charge in [0.1, 0.15) is 0 Å². The maximum atomic E-state index is 3.52. The van der Waals surface area contributed by atoms with Crippen LogP contribution in [0.15, 0.2) is 0 Å². The second-order valence-electron chi connectivity index (χ2n) is 4.35. The van der Waals surface area contributed by atoms with Crippen molar-refractivity contribution in [1.82, 2.24) is 5.32 Å². The molecular formula is C12H27N. The second-order valence-corrected chi connectivity index (χ2v) is 4.35. The molecule has 0 radical (unpaired) electrons. The summed E-state index contributed by atoms with van der Waals surface area (Å²) in [6.45, 7) is 11.6. The molecule has 0 aromatic heterocycles. The van der Waals surface area contributed by atoms with E-state index < -0.39 is 0 Å². The van der Waals surface area contributed by atoms with E-state index in [0.717, 1.165) is 11.8 Å². The number of hydrogen-bond donors (Lipinski definition) is 1. The zero-order valence-corrected chi connectivity index (χ0v) is 9.90. The molecule has 80 valence electrons. The molecule has 0 saturated carbocycles.